The minimum absolute atomic E-state index is 0.164. The molecule has 1 saturated carbocycles. The average molecular weight is 254 g/mol. The molecule has 5 nitrogen and oxygen atoms in total. The van der Waals surface area contributed by atoms with Crippen LogP contribution < -0.4 is 0 Å². The van der Waals surface area contributed by atoms with Crippen molar-refractivity contribution in [2.75, 3.05) is 19.6 Å². The minimum atomic E-state index is -0.475. The van der Waals surface area contributed by atoms with Gasteiger partial charge in [0.25, 0.3) is 0 Å². The maximum atomic E-state index is 12.1. The minimum Gasteiger partial charge on any atom is -0.391 e. The molecule has 1 N–H and O–H groups in total. The zero-order valence-electron chi connectivity index (χ0n) is 11.0. The smallest absolute Gasteiger partial charge is 0.312 e. The predicted octanol–water partition coefficient (Wildman–Crippen LogP) is 0.371. The lowest BCUT2D eigenvalue weighted by molar-refractivity contribution is -0.159. The van der Waals surface area contributed by atoms with Crippen molar-refractivity contribution in [3.8, 4) is 0 Å². The van der Waals surface area contributed by atoms with E-state index in [1.807, 2.05) is 6.92 Å². The molecule has 1 aliphatic heterocycles. The van der Waals surface area contributed by atoms with Gasteiger partial charge in [0, 0.05) is 19.6 Å². The monoisotopic (exact) mass is 254 g/mol. The number of carbonyl (C=O) groups is 2. The van der Waals surface area contributed by atoms with Crippen LogP contribution in [0.2, 0.25) is 0 Å². The summed E-state index contributed by atoms with van der Waals surface area (Å²) in [7, 11) is 0. The van der Waals surface area contributed by atoms with Gasteiger partial charge in [0.05, 0.1) is 12.1 Å². The number of nitrogens with zero attached hydrogens (tertiary/aromatic N) is 2. The SMILES string of the molecule is CCN1CCN(C2CCCCCC2O)C(=O)C1=O. The van der Waals surface area contributed by atoms with Crippen molar-refractivity contribution in [2.45, 2.75) is 51.2 Å². The third-order valence-corrected chi connectivity index (χ3v) is 4.07. The molecule has 5 heteroatoms. The average Bonchev–Trinajstić information content (AvgIpc) is 2.58. The largest absolute Gasteiger partial charge is 0.391 e. The Hall–Kier alpha value is -1.10. The lowest BCUT2D eigenvalue weighted by Crippen LogP contribution is -2.59. The maximum Gasteiger partial charge on any atom is 0.312 e. The van der Waals surface area contributed by atoms with E-state index in [9.17, 15) is 14.7 Å². The Kier molecular flexibility index (Phi) is 4.22. The molecule has 2 rings (SSSR count). The molecule has 18 heavy (non-hydrogen) atoms. The van der Waals surface area contributed by atoms with Crippen molar-refractivity contribution in [3.63, 3.8) is 0 Å². The van der Waals surface area contributed by atoms with Crippen LogP contribution in [0.3, 0.4) is 0 Å². The van der Waals surface area contributed by atoms with Crippen LogP contribution in [0, 0.1) is 0 Å². The Morgan fingerprint density at radius 1 is 1.11 bits per heavy atom. The lowest BCUT2D eigenvalue weighted by Gasteiger charge is -2.39. The molecule has 2 atom stereocenters. The Balaban J connectivity index is 2.08. The van der Waals surface area contributed by atoms with E-state index >= 15 is 0 Å². The topological polar surface area (TPSA) is 60.9 Å². The van der Waals surface area contributed by atoms with Crippen molar-refractivity contribution in [2.24, 2.45) is 0 Å². The van der Waals surface area contributed by atoms with E-state index in [2.05, 4.69) is 0 Å². The second kappa shape index (κ2) is 5.69. The van der Waals surface area contributed by atoms with E-state index in [0.29, 0.717) is 19.6 Å². The number of likely N-dealkylation sites (N-methyl/N-ethyl adjacent to an activating group) is 1. The number of aliphatic hydroxyl groups is 1. The van der Waals surface area contributed by atoms with Crippen LogP contribution >= 0.6 is 0 Å². The van der Waals surface area contributed by atoms with E-state index in [4.69, 9.17) is 0 Å². The number of piperazine rings is 1. The fraction of sp³-hybridized carbons (Fsp3) is 0.846. The van der Waals surface area contributed by atoms with E-state index in [0.717, 1.165) is 32.1 Å². The first-order chi connectivity index (χ1) is 8.65. The van der Waals surface area contributed by atoms with Crippen molar-refractivity contribution in [1.29, 1.82) is 0 Å². The first kappa shape index (κ1) is 13.3. The zero-order chi connectivity index (χ0) is 13.1. The van der Waals surface area contributed by atoms with Gasteiger partial charge in [-0.05, 0) is 19.8 Å². The second-order valence-electron chi connectivity index (χ2n) is 5.16. The molecule has 0 radical (unpaired) electrons. The van der Waals surface area contributed by atoms with Crippen molar-refractivity contribution in [3.05, 3.63) is 0 Å². The van der Waals surface area contributed by atoms with Crippen LogP contribution in [0.1, 0.15) is 39.0 Å². The van der Waals surface area contributed by atoms with Gasteiger partial charge in [-0.15, -0.1) is 0 Å². The third-order valence-electron chi connectivity index (χ3n) is 4.07. The van der Waals surface area contributed by atoms with Crippen LogP contribution in [-0.2, 0) is 9.59 Å². The number of rotatable bonds is 2. The summed E-state index contributed by atoms with van der Waals surface area (Å²) in [6, 6.07) is -0.164. The molecular weight excluding hydrogens is 232 g/mol. The van der Waals surface area contributed by atoms with E-state index in [-0.39, 0.29) is 6.04 Å². The molecule has 102 valence electrons. The Morgan fingerprint density at radius 2 is 1.83 bits per heavy atom. The van der Waals surface area contributed by atoms with E-state index < -0.39 is 17.9 Å². The molecule has 0 bridgehead atoms. The summed E-state index contributed by atoms with van der Waals surface area (Å²) in [5, 5.41) is 10.1. The molecule has 2 unspecified atom stereocenters. The molecule has 2 aliphatic rings. The first-order valence-corrected chi connectivity index (χ1v) is 6.93. The molecule has 1 aliphatic carbocycles. The summed E-state index contributed by atoms with van der Waals surface area (Å²) in [5.74, 6) is -0.853. The van der Waals surface area contributed by atoms with Gasteiger partial charge in [-0.25, -0.2) is 0 Å². The number of aliphatic hydroxyl groups excluding tert-OH is 1. The van der Waals surface area contributed by atoms with Crippen LogP contribution in [0.25, 0.3) is 0 Å². The van der Waals surface area contributed by atoms with E-state index in [1.165, 1.54) is 0 Å². The lowest BCUT2D eigenvalue weighted by atomic mass is 10.0. The molecule has 0 aromatic rings. The number of hydrogen-bond acceptors (Lipinski definition) is 3. The second-order valence-corrected chi connectivity index (χ2v) is 5.16. The molecule has 0 aromatic carbocycles. The van der Waals surface area contributed by atoms with Crippen LogP contribution in [0.4, 0.5) is 0 Å². The van der Waals surface area contributed by atoms with Crippen molar-refractivity contribution >= 4 is 11.8 Å². The molecule has 2 fully saturated rings. The van der Waals surface area contributed by atoms with Gasteiger partial charge in [-0.2, -0.15) is 0 Å². The van der Waals surface area contributed by atoms with Crippen molar-refractivity contribution in [1.82, 2.24) is 9.80 Å². The van der Waals surface area contributed by atoms with E-state index in [1.54, 1.807) is 9.80 Å². The molecule has 1 heterocycles. The van der Waals surface area contributed by atoms with Gasteiger partial charge in [0.2, 0.25) is 0 Å². The fourth-order valence-electron chi connectivity index (χ4n) is 2.94. The Bertz CT molecular complexity index is 332. The molecule has 2 amide bonds. The maximum absolute atomic E-state index is 12.1. The third kappa shape index (κ3) is 2.51. The molecule has 0 spiro atoms. The van der Waals surface area contributed by atoms with Crippen LogP contribution in [0.5, 0.6) is 0 Å². The van der Waals surface area contributed by atoms with Gasteiger partial charge < -0.3 is 14.9 Å². The highest BCUT2D eigenvalue weighted by Gasteiger charge is 2.38. The highest BCUT2D eigenvalue weighted by atomic mass is 16.3. The Labute approximate surface area is 108 Å². The Morgan fingerprint density at radius 3 is 2.56 bits per heavy atom. The molecule has 0 aromatic heterocycles. The summed E-state index contributed by atoms with van der Waals surface area (Å²) in [5.41, 5.74) is 0. The summed E-state index contributed by atoms with van der Waals surface area (Å²) in [6.45, 7) is 3.59. The summed E-state index contributed by atoms with van der Waals surface area (Å²) in [6.07, 6.45) is 4.21. The quantitative estimate of drug-likeness (QED) is 0.572. The predicted molar refractivity (Wildman–Crippen MR) is 66.8 cm³/mol. The van der Waals surface area contributed by atoms with Gasteiger partial charge in [-0.1, -0.05) is 19.3 Å². The standard InChI is InChI=1S/C13H22N2O3/c1-2-14-8-9-15(13(18)12(14)17)10-6-4-3-5-7-11(10)16/h10-11,16H,2-9H2,1H3. The van der Waals surface area contributed by atoms with Crippen LogP contribution in [-0.4, -0.2) is 58.5 Å². The van der Waals surface area contributed by atoms with Gasteiger partial charge in [-0.3, -0.25) is 9.59 Å². The first-order valence-electron chi connectivity index (χ1n) is 6.93. The molecular formula is C13H22N2O3. The van der Waals surface area contributed by atoms with Gasteiger partial charge >= 0.3 is 11.8 Å². The van der Waals surface area contributed by atoms with Gasteiger partial charge in [0.1, 0.15) is 0 Å². The van der Waals surface area contributed by atoms with Gasteiger partial charge in [0.15, 0.2) is 0 Å². The summed E-state index contributed by atoms with van der Waals surface area (Å²) < 4.78 is 0. The highest BCUT2D eigenvalue weighted by molar-refractivity contribution is 6.35. The molecule has 1 saturated heterocycles. The normalized spacial score (nSPS) is 30.6. The van der Waals surface area contributed by atoms with Crippen molar-refractivity contribution < 1.29 is 14.7 Å². The number of hydrogen-bond donors (Lipinski definition) is 1. The zero-order valence-corrected chi connectivity index (χ0v) is 11.0. The fourth-order valence-corrected chi connectivity index (χ4v) is 2.94. The highest BCUT2D eigenvalue weighted by Crippen LogP contribution is 2.24. The number of carbonyl (C=O) groups excluding carboxylic acids is 2. The number of amides is 2. The summed E-state index contributed by atoms with van der Waals surface area (Å²) in [4.78, 5) is 27.1. The summed E-state index contributed by atoms with van der Waals surface area (Å²) >= 11 is 0. The van der Waals surface area contributed by atoms with Crippen LogP contribution in [0.15, 0.2) is 0 Å².